The molecule has 3 aromatic rings. The molecule has 1 N–H and O–H groups in total. The zero-order valence-electron chi connectivity index (χ0n) is 13.9. The lowest BCUT2D eigenvalue weighted by atomic mass is 10.2. The van der Waals surface area contributed by atoms with Gasteiger partial charge >= 0.3 is 0 Å². The van der Waals surface area contributed by atoms with Gasteiger partial charge in [-0.1, -0.05) is 41.4 Å². The standard InChI is InChI=1S/C19H17Cl2N3O2/c20-15-6-7-17(21)18(10-15)26-13-19(25)22-9-8-14-11-23-24(12-14)16-4-2-1-3-5-16/h1-7,10-12H,8-9,13H2,(H,22,25). The van der Waals surface area contributed by atoms with E-state index in [-0.39, 0.29) is 12.5 Å². The molecule has 0 spiro atoms. The van der Waals surface area contributed by atoms with E-state index >= 15 is 0 Å². The molecular formula is C19H17Cl2N3O2. The molecule has 0 saturated carbocycles. The third-order valence-electron chi connectivity index (χ3n) is 3.64. The first-order valence-electron chi connectivity index (χ1n) is 8.05. The van der Waals surface area contributed by atoms with Crippen LogP contribution in [-0.2, 0) is 11.2 Å². The fraction of sp³-hybridized carbons (Fsp3) is 0.158. The van der Waals surface area contributed by atoms with Gasteiger partial charge in [0.25, 0.3) is 5.91 Å². The van der Waals surface area contributed by atoms with Gasteiger partial charge in [0.1, 0.15) is 5.75 Å². The zero-order chi connectivity index (χ0) is 18.4. The van der Waals surface area contributed by atoms with E-state index in [2.05, 4.69) is 10.4 Å². The van der Waals surface area contributed by atoms with Crippen molar-refractivity contribution in [3.8, 4) is 11.4 Å². The normalized spacial score (nSPS) is 10.5. The molecule has 1 heterocycles. The van der Waals surface area contributed by atoms with E-state index in [1.54, 1.807) is 29.1 Å². The fourth-order valence-electron chi connectivity index (χ4n) is 2.34. The summed E-state index contributed by atoms with van der Waals surface area (Å²) in [5, 5.41) is 8.05. The number of ether oxygens (including phenoxy) is 1. The number of hydrogen-bond acceptors (Lipinski definition) is 3. The Hall–Kier alpha value is -2.50. The van der Waals surface area contributed by atoms with E-state index in [9.17, 15) is 4.79 Å². The first kappa shape index (κ1) is 18.3. The van der Waals surface area contributed by atoms with E-state index in [1.807, 2.05) is 36.5 Å². The number of hydrogen-bond donors (Lipinski definition) is 1. The van der Waals surface area contributed by atoms with Crippen molar-refractivity contribution in [1.29, 1.82) is 0 Å². The molecule has 5 nitrogen and oxygen atoms in total. The van der Waals surface area contributed by atoms with Gasteiger partial charge in [-0.25, -0.2) is 4.68 Å². The van der Waals surface area contributed by atoms with Gasteiger partial charge in [0, 0.05) is 23.8 Å². The second kappa shape index (κ2) is 8.74. The van der Waals surface area contributed by atoms with E-state index in [4.69, 9.17) is 27.9 Å². The van der Waals surface area contributed by atoms with Gasteiger partial charge < -0.3 is 10.1 Å². The number of carbonyl (C=O) groups excluding carboxylic acids is 1. The minimum atomic E-state index is -0.225. The molecule has 0 unspecified atom stereocenters. The van der Waals surface area contributed by atoms with Gasteiger partial charge in [-0.3, -0.25) is 4.79 Å². The number of halogens is 2. The van der Waals surface area contributed by atoms with Crippen LogP contribution in [0.5, 0.6) is 5.75 Å². The lowest BCUT2D eigenvalue weighted by molar-refractivity contribution is -0.123. The molecule has 0 atom stereocenters. The van der Waals surface area contributed by atoms with E-state index in [0.29, 0.717) is 28.8 Å². The quantitative estimate of drug-likeness (QED) is 0.666. The first-order valence-corrected chi connectivity index (χ1v) is 8.81. The molecule has 0 aliphatic heterocycles. The van der Waals surface area contributed by atoms with Crippen molar-refractivity contribution in [2.45, 2.75) is 6.42 Å². The lowest BCUT2D eigenvalue weighted by Crippen LogP contribution is -2.30. The maximum absolute atomic E-state index is 11.9. The molecule has 3 rings (SSSR count). The Bertz CT molecular complexity index is 882. The number of para-hydroxylation sites is 1. The topological polar surface area (TPSA) is 56.1 Å². The SMILES string of the molecule is O=C(COc1cc(Cl)ccc1Cl)NCCc1cnn(-c2ccccc2)c1. The van der Waals surface area contributed by atoms with Crippen LogP contribution in [0.1, 0.15) is 5.56 Å². The maximum Gasteiger partial charge on any atom is 0.257 e. The Balaban J connectivity index is 1.44. The van der Waals surface area contributed by atoms with Crippen molar-refractivity contribution < 1.29 is 9.53 Å². The monoisotopic (exact) mass is 389 g/mol. The highest BCUT2D eigenvalue weighted by molar-refractivity contribution is 6.34. The average Bonchev–Trinajstić information content (AvgIpc) is 3.12. The first-order chi connectivity index (χ1) is 12.6. The van der Waals surface area contributed by atoms with Gasteiger partial charge in [0.2, 0.25) is 0 Å². The Morgan fingerprint density at radius 1 is 1.15 bits per heavy atom. The van der Waals surface area contributed by atoms with Crippen molar-refractivity contribution in [1.82, 2.24) is 15.1 Å². The van der Waals surface area contributed by atoms with Crippen molar-refractivity contribution in [3.63, 3.8) is 0 Å². The maximum atomic E-state index is 11.9. The van der Waals surface area contributed by atoms with Crippen LogP contribution in [0.3, 0.4) is 0 Å². The van der Waals surface area contributed by atoms with E-state index in [0.717, 1.165) is 11.3 Å². The molecule has 0 saturated heterocycles. The minimum absolute atomic E-state index is 0.122. The van der Waals surface area contributed by atoms with Crippen LogP contribution in [-0.4, -0.2) is 28.8 Å². The van der Waals surface area contributed by atoms with E-state index in [1.165, 1.54) is 0 Å². The van der Waals surface area contributed by atoms with Crippen LogP contribution in [0.2, 0.25) is 10.0 Å². The number of aromatic nitrogens is 2. The largest absolute Gasteiger partial charge is 0.482 e. The molecule has 0 aliphatic carbocycles. The highest BCUT2D eigenvalue weighted by Crippen LogP contribution is 2.27. The number of nitrogens with one attached hydrogen (secondary N) is 1. The van der Waals surface area contributed by atoms with Crippen LogP contribution < -0.4 is 10.1 Å². The lowest BCUT2D eigenvalue weighted by Gasteiger charge is -2.08. The van der Waals surface area contributed by atoms with Gasteiger partial charge in [-0.05, 0) is 36.2 Å². The van der Waals surface area contributed by atoms with Crippen molar-refractivity contribution in [2.24, 2.45) is 0 Å². The minimum Gasteiger partial charge on any atom is -0.482 e. The average molecular weight is 390 g/mol. The van der Waals surface area contributed by atoms with Gasteiger partial charge in [-0.2, -0.15) is 5.10 Å². The Morgan fingerprint density at radius 3 is 2.77 bits per heavy atom. The van der Waals surface area contributed by atoms with Gasteiger partial charge in [0.15, 0.2) is 6.61 Å². The summed E-state index contributed by atoms with van der Waals surface area (Å²) in [6.45, 7) is 0.370. The molecule has 1 amide bonds. The van der Waals surface area contributed by atoms with Crippen molar-refractivity contribution in [2.75, 3.05) is 13.2 Å². The summed E-state index contributed by atoms with van der Waals surface area (Å²) < 4.78 is 7.21. The van der Waals surface area contributed by atoms with Crippen LogP contribution in [0.4, 0.5) is 0 Å². The highest BCUT2D eigenvalue weighted by Gasteiger charge is 2.07. The Labute approximate surface area is 161 Å². The summed E-state index contributed by atoms with van der Waals surface area (Å²) in [5.74, 6) is 0.162. The molecule has 7 heteroatoms. The Kier molecular flexibility index (Phi) is 6.15. The second-order valence-electron chi connectivity index (χ2n) is 5.59. The Morgan fingerprint density at radius 2 is 1.96 bits per heavy atom. The number of nitrogens with zero attached hydrogens (tertiary/aromatic N) is 2. The van der Waals surface area contributed by atoms with Crippen molar-refractivity contribution in [3.05, 3.63) is 76.5 Å². The number of benzene rings is 2. The van der Waals surface area contributed by atoms with Gasteiger partial charge in [0.05, 0.1) is 16.9 Å². The van der Waals surface area contributed by atoms with E-state index < -0.39 is 0 Å². The third kappa shape index (κ3) is 5.00. The molecule has 1 aromatic heterocycles. The second-order valence-corrected chi connectivity index (χ2v) is 6.44. The highest BCUT2D eigenvalue weighted by atomic mass is 35.5. The molecule has 0 fully saturated rings. The predicted molar refractivity (Wildman–Crippen MR) is 102 cm³/mol. The molecule has 2 aromatic carbocycles. The summed E-state index contributed by atoms with van der Waals surface area (Å²) in [5.41, 5.74) is 2.03. The van der Waals surface area contributed by atoms with Crippen LogP contribution in [0, 0.1) is 0 Å². The van der Waals surface area contributed by atoms with Gasteiger partial charge in [-0.15, -0.1) is 0 Å². The predicted octanol–water partition coefficient (Wildman–Crippen LogP) is 3.92. The van der Waals surface area contributed by atoms with Crippen molar-refractivity contribution >= 4 is 29.1 Å². The van der Waals surface area contributed by atoms with Crippen LogP contribution >= 0.6 is 23.2 Å². The molecule has 26 heavy (non-hydrogen) atoms. The number of rotatable bonds is 7. The summed E-state index contributed by atoms with van der Waals surface area (Å²) >= 11 is 11.9. The third-order valence-corrected chi connectivity index (χ3v) is 4.19. The fourth-order valence-corrected chi connectivity index (χ4v) is 2.67. The molecule has 0 aliphatic rings. The van der Waals surface area contributed by atoms with Crippen LogP contribution in [0.15, 0.2) is 60.9 Å². The molecule has 134 valence electrons. The molecule has 0 bridgehead atoms. The zero-order valence-corrected chi connectivity index (χ0v) is 15.4. The molecule has 0 radical (unpaired) electrons. The summed E-state index contributed by atoms with van der Waals surface area (Å²) in [6.07, 6.45) is 4.42. The summed E-state index contributed by atoms with van der Waals surface area (Å²) in [7, 11) is 0. The number of carbonyl (C=O) groups is 1. The number of amides is 1. The summed E-state index contributed by atoms with van der Waals surface area (Å²) in [4.78, 5) is 11.9. The smallest absolute Gasteiger partial charge is 0.257 e. The van der Waals surface area contributed by atoms with Crippen LogP contribution in [0.25, 0.3) is 5.69 Å². The molecular weight excluding hydrogens is 373 g/mol. The summed E-state index contributed by atoms with van der Waals surface area (Å²) in [6, 6.07) is 14.7.